The predicted octanol–water partition coefficient (Wildman–Crippen LogP) is 3.01. The second-order valence-corrected chi connectivity index (χ2v) is 5.43. The number of benzene rings is 1. The molecule has 0 heterocycles. The molecule has 0 aromatic heterocycles. The molecule has 1 aromatic carbocycles. The van der Waals surface area contributed by atoms with E-state index in [2.05, 4.69) is 12.2 Å². The summed E-state index contributed by atoms with van der Waals surface area (Å²) >= 11 is 0. The van der Waals surface area contributed by atoms with Crippen LogP contribution in [0.3, 0.4) is 0 Å². The maximum Gasteiger partial charge on any atom is 0.220 e. The zero-order valence-electron chi connectivity index (χ0n) is 13.4. The van der Waals surface area contributed by atoms with Crippen LogP contribution in [0.2, 0.25) is 0 Å². The van der Waals surface area contributed by atoms with Crippen molar-refractivity contribution < 1.29 is 9.59 Å². The van der Waals surface area contributed by atoms with Crippen molar-refractivity contribution in [2.24, 2.45) is 5.73 Å². The van der Waals surface area contributed by atoms with Crippen molar-refractivity contribution in [1.82, 2.24) is 5.32 Å². The van der Waals surface area contributed by atoms with Crippen LogP contribution in [0.1, 0.15) is 54.9 Å². The lowest BCUT2D eigenvalue weighted by molar-refractivity contribution is -0.121. The van der Waals surface area contributed by atoms with Gasteiger partial charge in [-0.2, -0.15) is 0 Å². The minimum absolute atomic E-state index is 0. The molecule has 1 atom stereocenters. The van der Waals surface area contributed by atoms with Gasteiger partial charge in [0.15, 0.2) is 5.78 Å². The third-order valence-corrected chi connectivity index (χ3v) is 3.51. The number of aryl methyl sites for hydroxylation is 1. The number of nitrogens with one attached hydrogen (secondary N) is 1. The van der Waals surface area contributed by atoms with Crippen LogP contribution in [0.4, 0.5) is 0 Å². The molecule has 0 saturated carbocycles. The maximum atomic E-state index is 12.0. The fraction of sp³-hybridized carbons (Fsp3) is 0.529. The summed E-state index contributed by atoms with van der Waals surface area (Å²) in [5.41, 5.74) is 7.42. The van der Waals surface area contributed by atoms with Gasteiger partial charge in [0, 0.05) is 31.0 Å². The van der Waals surface area contributed by atoms with E-state index < -0.39 is 0 Å². The van der Waals surface area contributed by atoms with Gasteiger partial charge in [-0.1, -0.05) is 49.6 Å². The molecule has 0 spiro atoms. The summed E-state index contributed by atoms with van der Waals surface area (Å²) < 4.78 is 0. The molecule has 0 saturated heterocycles. The third kappa shape index (κ3) is 7.57. The molecular formula is C17H27ClN2O2. The fourth-order valence-electron chi connectivity index (χ4n) is 2.11. The first kappa shape index (κ1) is 20.6. The van der Waals surface area contributed by atoms with Crippen LogP contribution in [0.15, 0.2) is 24.3 Å². The summed E-state index contributed by atoms with van der Waals surface area (Å²) in [6.45, 7) is 4.53. The van der Waals surface area contributed by atoms with E-state index in [1.165, 1.54) is 0 Å². The van der Waals surface area contributed by atoms with Gasteiger partial charge in [0.2, 0.25) is 5.91 Å². The molecule has 1 aromatic rings. The summed E-state index contributed by atoms with van der Waals surface area (Å²) in [5, 5.41) is 2.90. The highest BCUT2D eigenvalue weighted by Gasteiger charge is 2.12. The standard InChI is InChI=1S/C17H26N2O2.ClH/c1-3-4-5-15(12-18)19-17(21)11-10-16(20)14-8-6-13(2)7-9-14;/h6-9,15H,3-5,10-12,18H2,1-2H3,(H,19,21);1H. The Hall–Kier alpha value is -1.39. The van der Waals surface area contributed by atoms with Crippen molar-refractivity contribution in [3.8, 4) is 0 Å². The number of halogens is 1. The van der Waals surface area contributed by atoms with Gasteiger partial charge >= 0.3 is 0 Å². The molecule has 5 heteroatoms. The maximum absolute atomic E-state index is 12.0. The molecule has 3 N–H and O–H groups in total. The first-order valence-corrected chi connectivity index (χ1v) is 7.66. The minimum atomic E-state index is -0.0954. The smallest absolute Gasteiger partial charge is 0.220 e. The molecule has 0 bridgehead atoms. The third-order valence-electron chi connectivity index (χ3n) is 3.51. The molecule has 1 rings (SSSR count). The predicted molar refractivity (Wildman–Crippen MR) is 92.5 cm³/mol. The van der Waals surface area contributed by atoms with E-state index in [4.69, 9.17) is 5.73 Å². The van der Waals surface area contributed by atoms with Gasteiger partial charge in [-0.3, -0.25) is 9.59 Å². The Bertz CT molecular complexity index is 460. The second kappa shape index (κ2) is 11.2. The Morgan fingerprint density at radius 1 is 1.18 bits per heavy atom. The summed E-state index contributed by atoms with van der Waals surface area (Å²) in [6, 6.07) is 7.44. The number of carbonyl (C=O) groups excluding carboxylic acids is 2. The Balaban J connectivity index is 0.00000441. The molecule has 0 radical (unpaired) electrons. The first-order chi connectivity index (χ1) is 10.1. The number of carbonyl (C=O) groups is 2. The summed E-state index contributed by atoms with van der Waals surface area (Å²) in [6.07, 6.45) is 3.47. The number of Topliss-reactive ketones (excluding diaryl/α,β-unsaturated/α-hetero) is 1. The number of hydrogen-bond acceptors (Lipinski definition) is 3. The lowest BCUT2D eigenvalue weighted by Crippen LogP contribution is -2.40. The Kier molecular flexibility index (Phi) is 10.5. The second-order valence-electron chi connectivity index (χ2n) is 5.43. The topological polar surface area (TPSA) is 72.2 Å². The van der Waals surface area contributed by atoms with E-state index in [0.29, 0.717) is 12.1 Å². The van der Waals surface area contributed by atoms with Crippen LogP contribution < -0.4 is 11.1 Å². The van der Waals surface area contributed by atoms with Gasteiger partial charge in [0.1, 0.15) is 0 Å². The highest BCUT2D eigenvalue weighted by atomic mass is 35.5. The van der Waals surface area contributed by atoms with Crippen LogP contribution in [0.5, 0.6) is 0 Å². The largest absolute Gasteiger partial charge is 0.352 e. The van der Waals surface area contributed by atoms with Crippen molar-refractivity contribution in [2.45, 2.75) is 52.0 Å². The van der Waals surface area contributed by atoms with Crippen LogP contribution in [-0.4, -0.2) is 24.3 Å². The van der Waals surface area contributed by atoms with Gasteiger partial charge in [-0.05, 0) is 13.3 Å². The van der Waals surface area contributed by atoms with Gasteiger partial charge in [0.25, 0.3) is 0 Å². The SMILES string of the molecule is CCCCC(CN)NC(=O)CCC(=O)c1ccc(C)cc1.Cl. The van der Waals surface area contributed by atoms with Crippen molar-refractivity contribution in [1.29, 1.82) is 0 Å². The number of unbranched alkanes of at least 4 members (excludes halogenated alkanes) is 1. The zero-order valence-corrected chi connectivity index (χ0v) is 14.2. The van der Waals surface area contributed by atoms with E-state index >= 15 is 0 Å². The highest BCUT2D eigenvalue weighted by molar-refractivity contribution is 5.97. The van der Waals surface area contributed by atoms with Crippen molar-refractivity contribution in [3.05, 3.63) is 35.4 Å². The number of nitrogens with two attached hydrogens (primary N) is 1. The number of ketones is 1. The molecular weight excluding hydrogens is 300 g/mol. The Labute approximate surface area is 139 Å². The van der Waals surface area contributed by atoms with Gasteiger partial charge < -0.3 is 11.1 Å². The van der Waals surface area contributed by atoms with Crippen molar-refractivity contribution in [2.75, 3.05) is 6.54 Å². The normalized spacial score (nSPS) is 11.4. The number of hydrogen-bond donors (Lipinski definition) is 2. The summed E-state index contributed by atoms with van der Waals surface area (Å²) in [5.74, 6) is -0.0926. The summed E-state index contributed by atoms with van der Waals surface area (Å²) in [7, 11) is 0. The van der Waals surface area contributed by atoms with Crippen LogP contribution in [-0.2, 0) is 4.79 Å². The molecule has 0 aliphatic rings. The lowest BCUT2D eigenvalue weighted by Gasteiger charge is -2.16. The molecule has 124 valence electrons. The Morgan fingerprint density at radius 3 is 2.36 bits per heavy atom. The molecule has 0 aliphatic carbocycles. The van der Waals surface area contributed by atoms with E-state index in [-0.39, 0.29) is 43.0 Å². The van der Waals surface area contributed by atoms with Gasteiger partial charge in [-0.15, -0.1) is 12.4 Å². The van der Waals surface area contributed by atoms with Gasteiger partial charge in [0.05, 0.1) is 0 Å². The van der Waals surface area contributed by atoms with E-state index in [0.717, 1.165) is 24.8 Å². The zero-order chi connectivity index (χ0) is 15.7. The highest BCUT2D eigenvalue weighted by Crippen LogP contribution is 2.08. The van der Waals surface area contributed by atoms with Crippen LogP contribution >= 0.6 is 12.4 Å². The Morgan fingerprint density at radius 2 is 1.82 bits per heavy atom. The molecule has 0 aliphatic heterocycles. The molecule has 1 unspecified atom stereocenters. The van der Waals surface area contributed by atoms with E-state index in [9.17, 15) is 9.59 Å². The van der Waals surface area contributed by atoms with Crippen molar-refractivity contribution in [3.63, 3.8) is 0 Å². The number of amides is 1. The van der Waals surface area contributed by atoms with E-state index in [1.54, 1.807) is 12.1 Å². The van der Waals surface area contributed by atoms with E-state index in [1.807, 2.05) is 19.1 Å². The molecule has 1 amide bonds. The fourth-order valence-corrected chi connectivity index (χ4v) is 2.11. The average Bonchev–Trinajstić information content (AvgIpc) is 2.49. The van der Waals surface area contributed by atoms with Gasteiger partial charge in [-0.25, -0.2) is 0 Å². The quantitative estimate of drug-likeness (QED) is 0.685. The first-order valence-electron chi connectivity index (χ1n) is 7.66. The van der Waals surface area contributed by atoms with Crippen molar-refractivity contribution >= 4 is 24.1 Å². The van der Waals surface area contributed by atoms with Crippen LogP contribution in [0.25, 0.3) is 0 Å². The summed E-state index contributed by atoms with van der Waals surface area (Å²) in [4.78, 5) is 23.8. The van der Waals surface area contributed by atoms with Crippen LogP contribution in [0, 0.1) is 6.92 Å². The molecule has 0 fully saturated rings. The monoisotopic (exact) mass is 326 g/mol. The minimum Gasteiger partial charge on any atom is -0.352 e. The lowest BCUT2D eigenvalue weighted by atomic mass is 10.0. The average molecular weight is 327 g/mol. The molecule has 4 nitrogen and oxygen atoms in total. The number of rotatable bonds is 9. The molecule has 22 heavy (non-hydrogen) atoms.